The van der Waals surface area contributed by atoms with Crippen LogP contribution in [0.5, 0.6) is 0 Å². The molecule has 50 heavy (non-hydrogen) atoms. The summed E-state index contributed by atoms with van der Waals surface area (Å²) in [6, 6.07) is 33.4. The summed E-state index contributed by atoms with van der Waals surface area (Å²) < 4.78 is 0. The van der Waals surface area contributed by atoms with Crippen LogP contribution in [0.15, 0.2) is 84.9 Å². The standard InChI is InChI=1S/C49H53N/c1-44(2)38-24-33-21-32-17-16-30(22-34(32)35(33)25-39(38)45(3,4)48(44,9)10)28-14-13-15-29(20-28)31-18-19-42-36(23-31)37-26-40-41(27-43(37)50-42)47(7,8)49(11,12)46(40,5)6/h13-20,22-27,50H,21H2,1-12H3. The molecule has 0 radical (unpaired) electrons. The van der Waals surface area contributed by atoms with Crippen molar-refractivity contribution in [3.05, 3.63) is 118 Å². The molecule has 0 saturated carbocycles. The molecule has 3 aliphatic rings. The lowest BCUT2D eigenvalue weighted by molar-refractivity contribution is 0.125. The second kappa shape index (κ2) is 9.41. The van der Waals surface area contributed by atoms with Gasteiger partial charge >= 0.3 is 0 Å². The molecule has 3 aliphatic carbocycles. The van der Waals surface area contributed by atoms with Crippen molar-refractivity contribution in [2.24, 2.45) is 10.8 Å². The molecule has 0 saturated heterocycles. The van der Waals surface area contributed by atoms with Gasteiger partial charge in [0.2, 0.25) is 0 Å². The van der Waals surface area contributed by atoms with Gasteiger partial charge < -0.3 is 4.98 Å². The molecule has 1 aromatic heterocycles. The molecule has 0 spiro atoms. The lowest BCUT2D eigenvalue weighted by Gasteiger charge is -2.44. The second-order valence-electron chi connectivity index (χ2n) is 19.3. The van der Waals surface area contributed by atoms with Gasteiger partial charge in [-0.15, -0.1) is 0 Å². The predicted octanol–water partition coefficient (Wildman–Crippen LogP) is 13.4. The summed E-state index contributed by atoms with van der Waals surface area (Å²) in [5, 5.41) is 2.64. The third kappa shape index (κ3) is 3.69. The molecule has 5 aromatic carbocycles. The molecule has 9 rings (SSSR count). The fourth-order valence-electron chi connectivity index (χ4n) is 10.4. The van der Waals surface area contributed by atoms with E-state index in [4.69, 9.17) is 0 Å². The number of nitrogens with one attached hydrogen (secondary N) is 1. The highest BCUT2D eigenvalue weighted by Crippen LogP contribution is 2.64. The summed E-state index contributed by atoms with van der Waals surface area (Å²) in [6.07, 6.45) is 1.02. The minimum absolute atomic E-state index is 0.0787. The highest BCUT2D eigenvalue weighted by Gasteiger charge is 2.58. The van der Waals surface area contributed by atoms with Crippen molar-refractivity contribution in [2.75, 3.05) is 0 Å². The Kier molecular flexibility index (Phi) is 5.99. The Bertz CT molecular complexity index is 2450. The predicted molar refractivity (Wildman–Crippen MR) is 215 cm³/mol. The minimum atomic E-state index is 0.0787. The third-order valence-electron chi connectivity index (χ3n) is 16.2. The summed E-state index contributed by atoms with van der Waals surface area (Å²) in [5.41, 5.74) is 20.1. The molecule has 0 amide bonds. The van der Waals surface area contributed by atoms with Crippen molar-refractivity contribution in [3.8, 4) is 33.4 Å². The van der Waals surface area contributed by atoms with Gasteiger partial charge in [-0.3, -0.25) is 0 Å². The summed E-state index contributed by atoms with van der Waals surface area (Å²) in [7, 11) is 0. The Hall–Kier alpha value is -4.10. The minimum Gasteiger partial charge on any atom is -0.355 e. The molecular weight excluding hydrogens is 603 g/mol. The maximum Gasteiger partial charge on any atom is 0.0468 e. The van der Waals surface area contributed by atoms with E-state index in [0.717, 1.165) is 6.42 Å². The largest absolute Gasteiger partial charge is 0.355 e. The van der Waals surface area contributed by atoms with E-state index in [0.29, 0.717) is 0 Å². The van der Waals surface area contributed by atoms with E-state index in [2.05, 4.69) is 173 Å². The van der Waals surface area contributed by atoms with Gasteiger partial charge in [0.15, 0.2) is 0 Å². The van der Waals surface area contributed by atoms with Crippen LogP contribution >= 0.6 is 0 Å². The first-order valence-corrected chi connectivity index (χ1v) is 18.8. The Morgan fingerprint density at radius 3 is 1.52 bits per heavy atom. The maximum absolute atomic E-state index is 3.78. The van der Waals surface area contributed by atoms with Crippen molar-refractivity contribution in [1.82, 2.24) is 4.98 Å². The van der Waals surface area contributed by atoms with Crippen LogP contribution in [0.2, 0.25) is 0 Å². The number of rotatable bonds is 2. The molecule has 0 atom stereocenters. The number of hydrogen-bond acceptors (Lipinski definition) is 0. The number of hydrogen-bond donors (Lipinski definition) is 1. The van der Waals surface area contributed by atoms with Gasteiger partial charge in [0, 0.05) is 21.8 Å². The molecule has 254 valence electrons. The maximum atomic E-state index is 3.78. The van der Waals surface area contributed by atoms with Gasteiger partial charge in [-0.2, -0.15) is 0 Å². The fourth-order valence-corrected chi connectivity index (χ4v) is 10.4. The quantitative estimate of drug-likeness (QED) is 0.191. The van der Waals surface area contributed by atoms with E-state index >= 15 is 0 Å². The van der Waals surface area contributed by atoms with E-state index in [1.54, 1.807) is 5.56 Å². The van der Waals surface area contributed by atoms with Crippen LogP contribution < -0.4 is 0 Å². The lowest BCUT2D eigenvalue weighted by atomic mass is 9.59. The van der Waals surface area contributed by atoms with E-state index in [1.165, 1.54) is 83.0 Å². The molecule has 0 bridgehead atoms. The number of H-pyrrole nitrogens is 1. The van der Waals surface area contributed by atoms with Crippen LogP contribution in [0.3, 0.4) is 0 Å². The zero-order valence-electron chi connectivity index (χ0n) is 32.3. The molecule has 1 nitrogen and oxygen atoms in total. The van der Waals surface area contributed by atoms with E-state index in [9.17, 15) is 0 Å². The molecule has 1 heteroatoms. The Morgan fingerprint density at radius 2 is 0.880 bits per heavy atom. The first kappa shape index (κ1) is 31.9. The SMILES string of the molecule is CC1(C)c2cc3c(cc2C(C)(C)C1(C)C)-c1cc(-c2cccc(-c4ccc5[nH]c6cc7c(cc6c5c4)C(C)(C)C(C)(C)C7(C)C)c2)ccc1C3. The topological polar surface area (TPSA) is 15.8 Å². The van der Waals surface area contributed by atoms with E-state index in [-0.39, 0.29) is 32.5 Å². The van der Waals surface area contributed by atoms with Crippen molar-refractivity contribution >= 4 is 21.8 Å². The molecule has 0 aliphatic heterocycles. The number of benzene rings is 5. The summed E-state index contributed by atoms with van der Waals surface area (Å²) in [6.45, 7) is 29.3. The Labute approximate surface area is 299 Å². The van der Waals surface area contributed by atoms with Crippen LogP contribution in [0, 0.1) is 10.8 Å². The van der Waals surface area contributed by atoms with Crippen LogP contribution in [0.4, 0.5) is 0 Å². The average molecular weight is 656 g/mol. The summed E-state index contributed by atoms with van der Waals surface area (Å²) in [4.78, 5) is 3.78. The number of aromatic nitrogens is 1. The molecule has 1 N–H and O–H groups in total. The van der Waals surface area contributed by atoms with Gasteiger partial charge in [0.25, 0.3) is 0 Å². The van der Waals surface area contributed by atoms with Gasteiger partial charge in [0.05, 0.1) is 0 Å². The lowest BCUT2D eigenvalue weighted by Crippen LogP contribution is -2.42. The van der Waals surface area contributed by atoms with Crippen molar-refractivity contribution < 1.29 is 0 Å². The van der Waals surface area contributed by atoms with Crippen LogP contribution in [0.25, 0.3) is 55.2 Å². The van der Waals surface area contributed by atoms with Crippen molar-refractivity contribution in [1.29, 1.82) is 0 Å². The molecule has 0 fully saturated rings. The van der Waals surface area contributed by atoms with Crippen LogP contribution in [0.1, 0.15) is 116 Å². The van der Waals surface area contributed by atoms with E-state index in [1.807, 2.05) is 0 Å². The monoisotopic (exact) mass is 655 g/mol. The number of fused-ring (bicyclic) bond motifs is 8. The zero-order chi connectivity index (χ0) is 35.6. The molecular formula is C49H53N. The van der Waals surface area contributed by atoms with Crippen molar-refractivity contribution in [3.63, 3.8) is 0 Å². The molecule has 1 heterocycles. The zero-order valence-corrected chi connectivity index (χ0v) is 32.3. The first-order valence-electron chi connectivity index (χ1n) is 18.8. The molecule has 0 unspecified atom stereocenters. The molecule has 6 aromatic rings. The summed E-state index contributed by atoms with van der Waals surface area (Å²) >= 11 is 0. The van der Waals surface area contributed by atoms with Gasteiger partial charge in [-0.1, -0.05) is 126 Å². The van der Waals surface area contributed by atoms with Crippen LogP contribution in [-0.4, -0.2) is 4.98 Å². The first-order chi connectivity index (χ1) is 23.3. The highest BCUT2D eigenvalue weighted by molar-refractivity contribution is 6.09. The van der Waals surface area contributed by atoms with Gasteiger partial charge in [-0.25, -0.2) is 0 Å². The van der Waals surface area contributed by atoms with Crippen LogP contribution in [-0.2, 0) is 28.1 Å². The summed E-state index contributed by atoms with van der Waals surface area (Å²) in [5.74, 6) is 0. The Morgan fingerprint density at radius 1 is 0.400 bits per heavy atom. The van der Waals surface area contributed by atoms with Gasteiger partial charge in [0.1, 0.15) is 0 Å². The third-order valence-corrected chi connectivity index (χ3v) is 16.2. The van der Waals surface area contributed by atoms with Gasteiger partial charge in [-0.05, 0) is 148 Å². The van der Waals surface area contributed by atoms with Crippen molar-refractivity contribution in [2.45, 2.75) is 111 Å². The number of aromatic amines is 1. The van der Waals surface area contributed by atoms with E-state index < -0.39 is 0 Å². The highest BCUT2D eigenvalue weighted by atomic mass is 14.7. The average Bonchev–Trinajstić information content (AvgIpc) is 3.67. The second-order valence-corrected chi connectivity index (χ2v) is 19.3. The fraction of sp³-hybridized carbons (Fsp3) is 0.388. The smallest absolute Gasteiger partial charge is 0.0468 e. The normalized spacial score (nSPS) is 20.9. The Balaban J connectivity index is 1.11.